The topological polar surface area (TPSA) is 94.8 Å². The number of phenols is 1. The minimum Gasteiger partial charge on any atom is -0.507 e. The van der Waals surface area contributed by atoms with Crippen LogP contribution in [0.4, 0.5) is 0 Å². The van der Waals surface area contributed by atoms with Gasteiger partial charge >= 0.3 is 11.9 Å². The molecule has 0 amide bonds. The van der Waals surface area contributed by atoms with Crippen LogP contribution in [-0.4, -0.2) is 27.3 Å². The van der Waals surface area contributed by atoms with Gasteiger partial charge in [0.2, 0.25) is 0 Å². The van der Waals surface area contributed by atoms with E-state index >= 15 is 0 Å². The molecule has 5 nitrogen and oxygen atoms in total. The van der Waals surface area contributed by atoms with Gasteiger partial charge in [-0.15, -0.1) is 0 Å². The summed E-state index contributed by atoms with van der Waals surface area (Å²) in [5, 5.41) is 27.1. The van der Waals surface area contributed by atoms with Crippen molar-refractivity contribution >= 4 is 11.9 Å². The lowest BCUT2D eigenvalue weighted by molar-refractivity contribution is 0.0692. The van der Waals surface area contributed by atoms with E-state index < -0.39 is 11.9 Å². The highest BCUT2D eigenvalue weighted by Gasteiger charge is 2.21. The maximum absolute atomic E-state index is 10.8. The second kappa shape index (κ2) is 3.61. The van der Waals surface area contributed by atoms with Gasteiger partial charge in [0, 0.05) is 0 Å². The molecule has 1 rings (SSSR count). The maximum atomic E-state index is 10.8. The molecule has 15 heavy (non-hydrogen) atoms. The smallest absolute Gasteiger partial charge is 0.339 e. The average molecular weight is 210 g/mol. The predicted octanol–water partition coefficient (Wildman–Crippen LogP) is 1.41. The maximum Gasteiger partial charge on any atom is 0.339 e. The molecule has 0 atom stereocenters. The highest BCUT2D eigenvalue weighted by Crippen LogP contribution is 2.28. The third-order valence-corrected chi connectivity index (χ3v) is 2.19. The van der Waals surface area contributed by atoms with Crippen LogP contribution in [0, 0.1) is 13.8 Å². The van der Waals surface area contributed by atoms with Crippen LogP contribution >= 0.6 is 0 Å². The van der Waals surface area contributed by atoms with Crippen LogP contribution in [0.5, 0.6) is 5.75 Å². The summed E-state index contributed by atoms with van der Waals surface area (Å²) in [5.41, 5.74) is -0.177. The van der Waals surface area contributed by atoms with Crippen molar-refractivity contribution < 1.29 is 24.9 Å². The number of carboxylic acid groups (broad SMARTS) is 2. The minimum absolute atomic E-state index is 0.0538. The van der Waals surface area contributed by atoms with E-state index in [4.69, 9.17) is 10.2 Å². The van der Waals surface area contributed by atoms with Gasteiger partial charge in [0.05, 0.1) is 5.56 Å². The van der Waals surface area contributed by atoms with E-state index in [0.29, 0.717) is 0 Å². The molecule has 0 saturated heterocycles. The van der Waals surface area contributed by atoms with E-state index in [0.717, 1.165) is 0 Å². The summed E-state index contributed by atoms with van der Waals surface area (Å²) in [5.74, 6) is -2.93. The Kier molecular flexibility index (Phi) is 2.65. The lowest BCUT2D eigenvalue weighted by Gasteiger charge is -2.09. The molecular formula is C10H10O5. The number of carbonyl (C=O) groups is 2. The van der Waals surface area contributed by atoms with Gasteiger partial charge in [-0.25, -0.2) is 9.59 Å². The number of hydrogen-bond donors (Lipinski definition) is 3. The fourth-order valence-electron chi connectivity index (χ4n) is 1.39. The first-order valence-electron chi connectivity index (χ1n) is 4.16. The van der Waals surface area contributed by atoms with E-state index in [9.17, 15) is 14.7 Å². The van der Waals surface area contributed by atoms with Gasteiger partial charge < -0.3 is 15.3 Å². The fourth-order valence-corrected chi connectivity index (χ4v) is 1.39. The summed E-state index contributed by atoms with van der Waals surface area (Å²) in [6, 6.07) is 1.25. The number of aryl methyl sites for hydroxylation is 1. The van der Waals surface area contributed by atoms with Crippen LogP contribution in [-0.2, 0) is 0 Å². The molecule has 0 aliphatic rings. The first kappa shape index (κ1) is 11.0. The largest absolute Gasteiger partial charge is 0.507 e. The molecule has 3 N–H and O–H groups in total. The average Bonchev–Trinajstić information content (AvgIpc) is 2.10. The molecule has 0 radical (unpaired) electrons. The van der Waals surface area contributed by atoms with Gasteiger partial charge in [0.15, 0.2) is 0 Å². The van der Waals surface area contributed by atoms with Crippen molar-refractivity contribution in [2.24, 2.45) is 0 Å². The Bertz CT molecular complexity index is 448. The SMILES string of the molecule is Cc1cc(C(=O)O)c(C)c(C(=O)O)c1O. The van der Waals surface area contributed by atoms with Crippen molar-refractivity contribution in [2.75, 3.05) is 0 Å². The van der Waals surface area contributed by atoms with E-state index in [1.807, 2.05) is 0 Å². The van der Waals surface area contributed by atoms with E-state index in [2.05, 4.69) is 0 Å². The molecule has 0 aromatic heterocycles. The molecular weight excluding hydrogens is 200 g/mol. The van der Waals surface area contributed by atoms with Crippen LogP contribution in [0.2, 0.25) is 0 Å². The Balaban J connectivity index is 3.63. The van der Waals surface area contributed by atoms with Crippen molar-refractivity contribution in [3.8, 4) is 5.75 Å². The zero-order valence-corrected chi connectivity index (χ0v) is 8.24. The Morgan fingerprint density at radius 1 is 1.13 bits per heavy atom. The second-order valence-electron chi connectivity index (χ2n) is 3.20. The molecule has 0 spiro atoms. The molecule has 1 aromatic rings. The highest BCUT2D eigenvalue weighted by molar-refractivity contribution is 5.99. The molecule has 0 bridgehead atoms. The molecule has 5 heteroatoms. The minimum atomic E-state index is -1.34. The number of aromatic carboxylic acids is 2. The monoisotopic (exact) mass is 210 g/mol. The van der Waals surface area contributed by atoms with Crippen molar-refractivity contribution in [2.45, 2.75) is 13.8 Å². The van der Waals surface area contributed by atoms with Gasteiger partial charge in [-0.05, 0) is 31.0 Å². The lowest BCUT2D eigenvalue weighted by Crippen LogP contribution is -2.08. The molecule has 1 aromatic carbocycles. The number of benzene rings is 1. The number of hydrogen-bond acceptors (Lipinski definition) is 3. The zero-order chi connectivity index (χ0) is 11.7. The molecule has 0 aliphatic heterocycles. The van der Waals surface area contributed by atoms with Gasteiger partial charge in [0.25, 0.3) is 0 Å². The third kappa shape index (κ3) is 1.76. The number of rotatable bonds is 2. The summed E-state index contributed by atoms with van der Waals surface area (Å²) in [6.07, 6.45) is 0. The Morgan fingerprint density at radius 2 is 1.67 bits per heavy atom. The summed E-state index contributed by atoms with van der Waals surface area (Å²) in [7, 11) is 0. The lowest BCUT2D eigenvalue weighted by atomic mass is 9.98. The molecule has 0 aliphatic carbocycles. The fraction of sp³-hybridized carbons (Fsp3) is 0.200. The van der Waals surface area contributed by atoms with E-state index in [1.54, 1.807) is 0 Å². The van der Waals surface area contributed by atoms with Crippen molar-refractivity contribution in [3.05, 3.63) is 28.3 Å². The summed E-state index contributed by atoms with van der Waals surface area (Å²) in [4.78, 5) is 21.6. The molecule has 0 saturated carbocycles. The predicted molar refractivity (Wildman–Crippen MR) is 51.5 cm³/mol. The number of carboxylic acids is 2. The molecule has 0 fully saturated rings. The third-order valence-electron chi connectivity index (χ3n) is 2.19. The number of aromatic hydroxyl groups is 1. The molecule has 80 valence electrons. The van der Waals surface area contributed by atoms with E-state index in [1.165, 1.54) is 19.9 Å². The van der Waals surface area contributed by atoms with Crippen LogP contribution in [0.1, 0.15) is 31.8 Å². The van der Waals surface area contributed by atoms with Crippen LogP contribution in [0.15, 0.2) is 6.07 Å². The van der Waals surface area contributed by atoms with E-state index in [-0.39, 0.29) is 28.0 Å². The standard InChI is InChI=1S/C10H10O5/c1-4-3-6(9(12)13)5(2)7(8(4)11)10(14)15/h3,11H,1-2H3,(H,12,13)(H,14,15). The Labute approximate surface area is 85.6 Å². The Hall–Kier alpha value is -2.04. The van der Waals surface area contributed by atoms with Gasteiger partial charge in [-0.2, -0.15) is 0 Å². The molecule has 0 unspecified atom stereocenters. The highest BCUT2D eigenvalue weighted by atomic mass is 16.4. The van der Waals surface area contributed by atoms with Crippen LogP contribution < -0.4 is 0 Å². The summed E-state index contributed by atoms with van der Waals surface area (Å²) < 4.78 is 0. The Morgan fingerprint density at radius 3 is 2.07 bits per heavy atom. The van der Waals surface area contributed by atoms with Crippen LogP contribution in [0.3, 0.4) is 0 Å². The quantitative estimate of drug-likeness (QED) is 0.685. The van der Waals surface area contributed by atoms with Gasteiger partial charge in [-0.3, -0.25) is 0 Å². The van der Waals surface area contributed by atoms with Crippen molar-refractivity contribution in [1.82, 2.24) is 0 Å². The second-order valence-corrected chi connectivity index (χ2v) is 3.20. The van der Waals surface area contributed by atoms with Gasteiger partial charge in [0.1, 0.15) is 11.3 Å². The summed E-state index contributed by atoms with van der Waals surface area (Å²) in [6.45, 7) is 2.81. The van der Waals surface area contributed by atoms with Crippen molar-refractivity contribution in [3.63, 3.8) is 0 Å². The first-order chi connectivity index (χ1) is 6.86. The first-order valence-corrected chi connectivity index (χ1v) is 4.16. The normalized spacial score (nSPS) is 10.0. The zero-order valence-electron chi connectivity index (χ0n) is 8.24. The summed E-state index contributed by atoms with van der Waals surface area (Å²) >= 11 is 0. The van der Waals surface area contributed by atoms with Crippen molar-refractivity contribution in [1.29, 1.82) is 0 Å². The molecule has 0 heterocycles. The van der Waals surface area contributed by atoms with Gasteiger partial charge in [-0.1, -0.05) is 0 Å². The van der Waals surface area contributed by atoms with Crippen LogP contribution in [0.25, 0.3) is 0 Å².